The molecule has 0 aromatic carbocycles. The topological polar surface area (TPSA) is 35.5 Å². The zero-order valence-electron chi connectivity index (χ0n) is 9.50. The van der Waals surface area contributed by atoms with Crippen LogP contribution in [0.15, 0.2) is 0 Å². The summed E-state index contributed by atoms with van der Waals surface area (Å²) >= 11 is 0. The minimum absolute atomic E-state index is 0.206. The van der Waals surface area contributed by atoms with Crippen LogP contribution in [-0.2, 0) is 0 Å². The molecule has 0 aromatic heterocycles. The van der Waals surface area contributed by atoms with Crippen molar-refractivity contribution in [1.82, 2.24) is 10.2 Å². The summed E-state index contributed by atoms with van der Waals surface area (Å²) in [5, 5.41) is 13.0. The Morgan fingerprint density at radius 1 is 1.43 bits per heavy atom. The van der Waals surface area contributed by atoms with Crippen molar-refractivity contribution in [3.63, 3.8) is 0 Å². The summed E-state index contributed by atoms with van der Waals surface area (Å²) in [6.07, 6.45) is 3.57. The van der Waals surface area contributed by atoms with E-state index in [-0.39, 0.29) is 6.10 Å². The highest BCUT2D eigenvalue weighted by Gasteiger charge is 2.28. The maximum atomic E-state index is 9.75. The van der Waals surface area contributed by atoms with Gasteiger partial charge in [0.25, 0.3) is 0 Å². The first-order chi connectivity index (χ1) is 6.77. The van der Waals surface area contributed by atoms with Crippen LogP contribution in [0.3, 0.4) is 0 Å². The molecule has 1 fully saturated rings. The smallest absolute Gasteiger partial charge is 0.0791 e. The molecule has 1 aliphatic carbocycles. The van der Waals surface area contributed by atoms with Crippen LogP contribution < -0.4 is 5.32 Å². The quantitative estimate of drug-likeness (QED) is 0.570. The van der Waals surface area contributed by atoms with Crippen molar-refractivity contribution in [2.75, 3.05) is 26.2 Å². The molecule has 0 aliphatic heterocycles. The highest BCUT2D eigenvalue weighted by atomic mass is 16.3. The Kier molecular flexibility index (Phi) is 5.45. The molecule has 1 rings (SSSR count). The van der Waals surface area contributed by atoms with Crippen molar-refractivity contribution in [2.45, 2.75) is 45.3 Å². The first kappa shape index (κ1) is 12.0. The number of likely N-dealkylation sites (N-methyl/N-ethyl adjacent to an activating group) is 1. The van der Waals surface area contributed by atoms with Crippen molar-refractivity contribution in [3.8, 4) is 0 Å². The van der Waals surface area contributed by atoms with E-state index in [0.717, 1.165) is 38.6 Å². The van der Waals surface area contributed by atoms with E-state index in [1.807, 2.05) is 0 Å². The van der Waals surface area contributed by atoms with Crippen LogP contribution in [0.2, 0.25) is 0 Å². The molecule has 1 atom stereocenters. The average molecular weight is 200 g/mol. The monoisotopic (exact) mass is 200 g/mol. The van der Waals surface area contributed by atoms with Crippen molar-refractivity contribution in [1.29, 1.82) is 0 Å². The summed E-state index contributed by atoms with van der Waals surface area (Å²) in [7, 11) is 0. The first-order valence-electron chi connectivity index (χ1n) is 5.90. The third-order valence-corrected chi connectivity index (χ3v) is 2.72. The van der Waals surface area contributed by atoms with Gasteiger partial charge >= 0.3 is 0 Å². The lowest BCUT2D eigenvalue weighted by Gasteiger charge is -2.23. The Labute approximate surface area is 87.5 Å². The Balaban J connectivity index is 2.07. The fourth-order valence-corrected chi connectivity index (χ4v) is 1.76. The lowest BCUT2D eigenvalue weighted by molar-refractivity contribution is 0.110. The number of nitrogens with zero attached hydrogens (tertiary/aromatic N) is 1. The molecule has 0 saturated heterocycles. The standard InChI is InChI=1S/C11H24N2O/c1-3-7-12-8-11(14)9-13(4-2)10-5-6-10/h10-12,14H,3-9H2,1-2H3. The molecule has 3 heteroatoms. The summed E-state index contributed by atoms with van der Waals surface area (Å²) in [5.74, 6) is 0. The highest BCUT2D eigenvalue weighted by molar-refractivity contribution is 4.85. The molecule has 0 aromatic rings. The minimum atomic E-state index is -0.206. The van der Waals surface area contributed by atoms with Gasteiger partial charge in [0.2, 0.25) is 0 Å². The van der Waals surface area contributed by atoms with Gasteiger partial charge in [0.15, 0.2) is 0 Å². The molecular formula is C11H24N2O. The van der Waals surface area contributed by atoms with E-state index in [1.165, 1.54) is 12.8 Å². The van der Waals surface area contributed by atoms with Gasteiger partial charge in [0.1, 0.15) is 0 Å². The van der Waals surface area contributed by atoms with Gasteiger partial charge in [-0.3, -0.25) is 4.90 Å². The van der Waals surface area contributed by atoms with Crippen LogP contribution in [0, 0.1) is 0 Å². The van der Waals surface area contributed by atoms with E-state index in [2.05, 4.69) is 24.1 Å². The fraction of sp³-hybridized carbons (Fsp3) is 1.00. The molecule has 0 bridgehead atoms. The molecule has 2 N–H and O–H groups in total. The van der Waals surface area contributed by atoms with Crippen LogP contribution in [-0.4, -0.2) is 48.3 Å². The lowest BCUT2D eigenvalue weighted by atomic mass is 10.3. The van der Waals surface area contributed by atoms with E-state index >= 15 is 0 Å². The van der Waals surface area contributed by atoms with Gasteiger partial charge in [0, 0.05) is 19.1 Å². The first-order valence-corrected chi connectivity index (χ1v) is 5.90. The van der Waals surface area contributed by atoms with Crippen LogP contribution >= 0.6 is 0 Å². The number of hydrogen-bond donors (Lipinski definition) is 2. The number of nitrogens with one attached hydrogen (secondary N) is 1. The molecule has 0 amide bonds. The Morgan fingerprint density at radius 2 is 2.14 bits per heavy atom. The maximum Gasteiger partial charge on any atom is 0.0791 e. The second-order valence-electron chi connectivity index (χ2n) is 4.18. The lowest BCUT2D eigenvalue weighted by Crippen LogP contribution is -2.39. The van der Waals surface area contributed by atoms with E-state index < -0.39 is 0 Å². The molecule has 3 nitrogen and oxygen atoms in total. The Hall–Kier alpha value is -0.120. The number of aliphatic hydroxyl groups excluding tert-OH is 1. The third kappa shape index (κ3) is 4.40. The van der Waals surface area contributed by atoms with Crippen LogP contribution in [0.25, 0.3) is 0 Å². The molecule has 1 aliphatic rings. The Bertz CT molecular complexity index is 148. The largest absolute Gasteiger partial charge is 0.390 e. The second kappa shape index (κ2) is 6.38. The summed E-state index contributed by atoms with van der Waals surface area (Å²) in [5.41, 5.74) is 0. The highest BCUT2D eigenvalue weighted by Crippen LogP contribution is 2.26. The Morgan fingerprint density at radius 3 is 2.64 bits per heavy atom. The van der Waals surface area contributed by atoms with E-state index in [1.54, 1.807) is 0 Å². The molecule has 14 heavy (non-hydrogen) atoms. The molecule has 0 spiro atoms. The SMILES string of the molecule is CCCNCC(O)CN(CC)C1CC1. The third-order valence-electron chi connectivity index (χ3n) is 2.72. The van der Waals surface area contributed by atoms with Gasteiger partial charge < -0.3 is 10.4 Å². The number of rotatable bonds is 8. The van der Waals surface area contributed by atoms with Gasteiger partial charge in [0.05, 0.1) is 6.10 Å². The van der Waals surface area contributed by atoms with Crippen LogP contribution in [0.5, 0.6) is 0 Å². The fourth-order valence-electron chi connectivity index (χ4n) is 1.76. The average Bonchev–Trinajstić information content (AvgIpc) is 2.98. The molecule has 0 heterocycles. The summed E-state index contributed by atoms with van der Waals surface area (Å²) in [6.45, 7) is 7.95. The summed E-state index contributed by atoms with van der Waals surface area (Å²) in [6, 6.07) is 0.765. The van der Waals surface area contributed by atoms with E-state index in [9.17, 15) is 5.11 Å². The maximum absolute atomic E-state index is 9.75. The number of aliphatic hydroxyl groups is 1. The predicted molar refractivity (Wildman–Crippen MR) is 59.4 cm³/mol. The van der Waals surface area contributed by atoms with Gasteiger partial charge in [-0.1, -0.05) is 13.8 Å². The second-order valence-corrected chi connectivity index (χ2v) is 4.18. The minimum Gasteiger partial charge on any atom is -0.390 e. The molecular weight excluding hydrogens is 176 g/mol. The molecule has 1 saturated carbocycles. The van der Waals surface area contributed by atoms with Crippen molar-refractivity contribution in [2.24, 2.45) is 0 Å². The van der Waals surface area contributed by atoms with Crippen molar-refractivity contribution < 1.29 is 5.11 Å². The van der Waals surface area contributed by atoms with Crippen LogP contribution in [0.4, 0.5) is 0 Å². The molecule has 84 valence electrons. The summed E-state index contributed by atoms with van der Waals surface area (Å²) < 4.78 is 0. The number of hydrogen-bond acceptors (Lipinski definition) is 3. The van der Waals surface area contributed by atoms with Gasteiger partial charge in [-0.05, 0) is 32.4 Å². The zero-order chi connectivity index (χ0) is 10.4. The van der Waals surface area contributed by atoms with Gasteiger partial charge in [-0.25, -0.2) is 0 Å². The van der Waals surface area contributed by atoms with Crippen molar-refractivity contribution in [3.05, 3.63) is 0 Å². The van der Waals surface area contributed by atoms with E-state index in [0.29, 0.717) is 0 Å². The predicted octanol–water partition coefficient (Wildman–Crippen LogP) is 0.831. The molecule has 1 unspecified atom stereocenters. The van der Waals surface area contributed by atoms with E-state index in [4.69, 9.17) is 0 Å². The summed E-state index contributed by atoms with van der Waals surface area (Å²) in [4.78, 5) is 2.39. The van der Waals surface area contributed by atoms with Crippen molar-refractivity contribution >= 4 is 0 Å². The zero-order valence-corrected chi connectivity index (χ0v) is 9.50. The van der Waals surface area contributed by atoms with Gasteiger partial charge in [-0.2, -0.15) is 0 Å². The molecule has 0 radical (unpaired) electrons. The van der Waals surface area contributed by atoms with Crippen LogP contribution in [0.1, 0.15) is 33.1 Å². The van der Waals surface area contributed by atoms with Gasteiger partial charge in [-0.15, -0.1) is 0 Å². The normalized spacial score (nSPS) is 18.9.